The minimum atomic E-state index is -0.622. The van der Waals surface area contributed by atoms with E-state index in [9.17, 15) is 0 Å². The molecule has 2 rings (SSSR count). The van der Waals surface area contributed by atoms with Gasteiger partial charge in [0.05, 0.1) is 6.61 Å². The monoisotopic (exact) mass is 204 g/mol. The molecule has 2 fully saturated rings. The van der Waals surface area contributed by atoms with E-state index >= 15 is 0 Å². The number of aliphatic hydroxyl groups excluding tert-OH is 1. The van der Waals surface area contributed by atoms with Crippen LogP contribution in [0.25, 0.3) is 0 Å². The van der Waals surface area contributed by atoms with Crippen LogP contribution in [0.5, 0.6) is 0 Å². The number of methoxy groups -OCH3 is 1. The van der Waals surface area contributed by atoms with Gasteiger partial charge in [-0.25, -0.2) is 0 Å². The summed E-state index contributed by atoms with van der Waals surface area (Å²) in [7, 11) is 1.55. The smallest absolute Gasteiger partial charge is 0.186 e. The third kappa shape index (κ3) is 1.55. The highest BCUT2D eigenvalue weighted by Crippen LogP contribution is 2.38. The van der Waals surface area contributed by atoms with Gasteiger partial charge in [-0.3, -0.25) is 0 Å². The topological polar surface area (TPSA) is 57.2 Å². The predicted octanol–water partition coefficient (Wildman–Crippen LogP) is -0.130. The molecule has 0 aromatic carbocycles. The number of hydrogen-bond donors (Lipinski definition) is 1. The largest absolute Gasteiger partial charge is 0.394 e. The molecule has 0 bridgehead atoms. The van der Waals surface area contributed by atoms with Gasteiger partial charge in [0.1, 0.15) is 18.3 Å². The van der Waals surface area contributed by atoms with Gasteiger partial charge in [0, 0.05) is 7.11 Å². The fourth-order valence-electron chi connectivity index (χ4n) is 1.98. The van der Waals surface area contributed by atoms with Crippen molar-refractivity contribution < 1.29 is 24.1 Å². The standard InChI is InChI=1S/C9H16O5/c1-9(2)13-6-5(4-10)12-8(11-3)7(6)14-9/h5-8,10H,4H2,1-3H3/t5-,6-,7?,8-/m1/s1. The normalized spacial score (nSPS) is 45.4. The first-order valence-corrected chi connectivity index (χ1v) is 4.72. The average Bonchev–Trinajstić information content (AvgIpc) is 2.57. The third-order valence-electron chi connectivity index (χ3n) is 2.52. The van der Waals surface area contributed by atoms with Crippen molar-refractivity contribution in [2.75, 3.05) is 13.7 Å². The number of aliphatic hydroxyl groups is 1. The van der Waals surface area contributed by atoms with Gasteiger partial charge in [-0.1, -0.05) is 0 Å². The maximum absolute atomic E-state index is 9.08. The zero-order valence-corrected chi connectivity index (χ0v) is 8.60. The Balaban J connectivity index is 2.12. The summed E-state index contributed by atoms with van der Waals surface area (Å²) in [6.45, 7) is 3.60. The van der Waals surface area contributed by atoms with Crippen LogP contribution in [0.4, 0.5) is 0 Å². The van der Waals surface area contributed by atoms with Crippen LogP contribution in [0, 0.1) is 0 Å². The SMILES string of the molecule is CO[C@@H]1O[C@H](CO)[C@H]2OC(C)(C)OC12. The molecule has 0 spiro atoms. The Hall–Kier alpha value is -0.200. The Labute approximate surface area is 82.9 Å². The Morgan fingerprint density at radius 1 is 1.29 bits per heavy atom. The van der Waals surface area contributed by atoms with Crippen molar-refractivity contribution in [2.45, 2.75) is 44.2 Å². The summed E-state index contributed by atoms with van der Waals surface area (Å²) in [5.41, 5.74) is 0. The molecule has 14 heavy (non-hydrogen) atoms. The van der Waals surface area contributed by atoms with Crippen molar-refractivity contribution in [3.05, 3.63) is 0 Å². The number of fused-ring (bicyclic) bond motifs is 1. The molecule has 0 aromatic rings. The summed E-state index contributed by atoms with van der Waals surface area (Å²) in [5.74, 6) is -0.622. The van der Waals surface area contributed by atoms with E-state index < -0.39 is 12.1 Å². The fraction of sp³-hybridized carbons (Fsp3) is 1.00. The highest BCUT2D eigenvalue weighted by Gasteiger charge is 2.55. The molecule has 0 amide bonds. The maximum Gasteiger partial charge on any atom is 0.186 e. The van der Waals surface area contributed by atoms with Crippen molar-refractivity contribution in [3.63, 3.8) is 0 Å². The average molecular weight is 204 g/mol. The van der Waals surface area contributed by atoms with Gasteiger partial charge < -0.3 is 24.1 Å². The van der Waals surface area contributed by atoms with Gasteiger partial charge >= 0.3 is 0 Å². The second kappa shape index (κ2) is 3.43. The summed E-state index contributed by atoms with van der Waals surface area (Å²) in [6, 6.07) is 0. The number of hydrogen-bond acceptors (Lipinski definition) is 5. The zero-order chi connectivity index (χ0) is 10.3. The Morgan fingerprint density at radius 3 is 2.50 bits per heavy atom. The molecule has 0 aromatic heterocycles. The van der Waals surface area contributed by atoms with Gasteiger partial charge in [0.25, 0.3) is 0 Å². The van der Waals surface area contributed by atoms with Crippen LogP contribution in [0.3, 0.4) is 0 Å². The number of rotatable bonds is 2. The minimum absolute atomic E-state index is 0.0829. The van der Waals surface area contributed by atoms with Crippen LogP contribution < -0.4 is 0 Å². The van der Waals surface area contributed by atoms with Gasteiger partial charge in [0.15, 0.2) is 12.1 Å². The van der Waals surface area contributed by atoms with E-state index in [1.807, 2.05) is 13.8 Å². The lowest BCUT2D eigenvalue weighted by atomic mass is 10.1. The first kappa shape index (κ1) is 10.3. The van der Waals surface area contributed by atoms with E-state index in [-0.39, 0.29) is 24.9 Å². The summed E-state index contributed by atoms with van der Waals surface area (Å²) in [6.07, 6.45) is -1.28. The molecular weight excluding hydrogens is 188 g/mol. The maximum atomic E-state index is 9.08. The Morgan fingerprint density at radius 2 is 1.93 bits per heavy atom. The third-order valence-corrected chi connectivity index (χ3v) is 2.52. The molecule has 5 nitrogen and oxygen atoms in total. The van der Waals surface area contributed by atoms with E-state index in [1.54, 1.807) is 7.11 Å². The first-order chi connectivity index (χ1) is 6.57. The van der Waals surface area contributed by atoms with Crippen molar-refractivity contribution in [1.29, 1.82) is 0 Å². The van der Waals surface area contributed by atoms with Crippen LogP contribution in [-0.4, -0.2) is 49.2 Å². The highest BCUT2D eigenvalue weighted by atomic mass is 16.8. The lowest BCUT2D eigenvalue weighted by Crippen LogP contribution is -2.31. The summed E-state index contributed by atoms with van der Waals surface area (Å²) in [4.78, 5) is 0. The van der Waals surface area contributed by atoms with E-state index in [1.165, 1.54) is 0 Å². The van der Waals surface area contributed by atoms with Crippen LogP contribution in [0.2, 0.25) is 0 Å². The molecular formula is C9H16O5. The fourth-order valence-corrected chi connectivity index (χ4v) is 1.98. The molecule has 82 valence electrons. The predicted molar refractivity (Wildman–Crippen MR) is 46.6 cm³/mol. The van der Waals surface area contributed by atoms with Crippen LogP contribution in [-0.2, 0) is 18.9 Å². The lowest BCUT2D eigenvalue weighted by molar-refractivity contribution is -0.230. The minimum Gasteiger partial charge on any atom is -0.394 e. The summed E-state index contributed by atoms with van der Waals surface area (Å²) in [5, 5.41) is 9.08. The van der Waals surface area contributed by atoms with Crippen LogP contribution in [0.1, 0.15) is 13.8 Å². The van der Waals surface area contributed by atoms with Gasteiger partial charge in [0.2, 0.25) is 0 Å². The lowest BCUT2D eigenvalue weighted by Gasteiger charge is -2.22. The molecule has 5 heteroatoms. The summed E-state index contributed by atoms with van der Waals surface area (Å²) < 4.78 is 21.8. The Bertz CT molecular complexity index is 197. The van der Waals surface area contributed by atoms with Gasteiger partial charge in [-0.05, 0) is 13.8 Å². The Kier molecular flexibility index (Phi) is 2.53. The van der Waals surface area contributed by atoms with Crippen LogP contribution >= 0.6 is 0 Å². The molecule has 0 saturated carbocycles. The molecule has 2 aliphatic heterocycles. The number of ether oxygens (including phenoxy) is 4. The van der Waals surface area contributed by atoms with E-state index in [0.29, 0.717) is 0 Å². The van der Waals surface area contributed by atoms with Crippen molar-refractivity contribution >= 4 is 0 Å². The second-order valence-corrected chi connectivity index (χ2v) is 4.03. The molecule has 0 aliphatic carbocycles. The van der Waals surface area contributed by atoms with E-state index in [2.05, 4.69) is 0 Å². The molecule has 1 N–H and O–H groups in total. The van der Waals surface area contributed by atoms with E-state index in [4.69, 9.17) is 24.1 Å². The molecule has 2 saturated heterocycles. The van der Waals surface area contributed by atoms with Crippen molar-refractivity contribution in [1.82, 2.24) is 0 Å². The van der Waals surface area contributed by atoms with Crippen molar-refractivity contribution in [3.8, 4) is 0 Å². The molecule has 2 heterocycles. The molecule has 1 unspecified atom stereocenters. The summed E-state index contributed by atoms with van der Waals surface area (Å²) >= 11 is 0. The zero-order valence-electron chi connectivity index (χ0n) is 8.60. The first-order valence-electron chi connectivity index (χ1n) is 4.72. The van der Waals surface area contributed by atoms with Gasteiger partial charge in [-0.2, -0.15) is 0 Å². The molecule has 2 aliphatic rings. The van der Waals surface area contributed by atoms with Crippen LogP contribution in [0.15, 0.2) is 0 Å². The molecule has 0 radical (unpaired) electrons. The quantitative estimate of drug-likeness (QED) is 0.679. The second-order valence-electron chi connectivity index (χ2n) is 4.03. The van der Waals surface area contributed by atoms with E-state index in [0.717, 1.165) is 0 Å². The van der Waals surface area contributed by atoms with Gasteiger partial charge in [-0.15, -0.1) is 0 Å². The highest BCUT2D eigenvalue weighted by molar-refractivity contribution is 4.94. The molecule has 4 atom stereocenters. The van der Waals surface area contributed by atoms with Crippen molar-refractivity contribution in [2.24, 2.45) is 0 Å².